The van der Waals surface area contributed by atoms with E-state index in [2.05, 4.69) is 5.32 Å². The Morgan fingerprint density at radius 1 is 0.939 bits per heavy atom. The van der Waals surface area contributed by atoms with Gasteiger partial charge in [0.15, 0.2) is 5.75 Å². The van der Waals surface area contributed by atoms with Crippen LogP contribution in [0.4, 0.5) is 5.69 Å². The minimum absolute atomic E-state index is 0.143. The number of para-hydroxylation sites is 1. The number of amides is 1. The summed E-state index contributed by atoms with van der Waals surface area (Å²) in [5.74, 6) is -1.01. The number of benzene rings is 3. The van der Waals surface area contributed by atoms with Gasteiger partial charge in [-0.1, -0.05) is 58.5 Å². The number of hydrogen-bond donors (Lipinski definition) is 1. The lowest BCUT2D eigenvalue weighted by molar-refractivity contribution is -0.112. The Balaban J connectivity index is 1.87. The van der Waals surface area contributed by atoms with Gasteiger partial charge in [-0.05, 0) is 60.2 Å². The summed E-state index contributed by atoms with van der Waals surface area (Å²) in [6.07, 6.45) is 1.24. The molecule has 0 unspecified atom stereocenters. The number of carbonyl (C=O) groups excluding carboxylic acids is 1. The maximum Gasteiger partial charge on any atom is 0.339 e. The molecule has 3 aromatic rings. The predicted octanol–water partition coefficient (Wildman–Crippen LogP) is 6.61. The van der Waals surface area contributed by atoms with Crippen molar-refractivity contribution in [3.8, 4) is 11.8 Å². The standard InChI is InChI=1S/C22H12Cl4N2O4S/c23-15-5-7-16(8-6-15)33(30,31)32-21-18(25)10-13(11-19(21)26)9-14(12-27)22(29)28-20-4-2-1-3-17(20)24/h1-11H,(H,28,29)/b14-9+. The van der Waals surface area contributed by atoms with E-state index in [1.165, 1.54) is 42.5 Å². The Morgan fingerprint density at radius 3 is 2.12 bits per heavy atom. The fourth-order valence-electron chi connectivity index (χ4n) is 2.57. The third kappa shape index (κ3) is 6.20. The molecule has 0 aromatic heterocycles. The van der Waals surface area contributed by atoms with Gasteiger partial charge in [0.25, 0.3) is 5.91 Å². The average Bonchev–Trinajstić information content (AvgIpc) is 2.76. The van der Waals surface area contributed by atoms with Gasteiger partial charge in [0.05, 0.1) is 20.8 Å². The van der Waals surface area contributed by atoms with E-state index in [1.807, 2.05) is 0 Å². The van der Waals surface area contributed by atoms with Crippen molar-refractivity contribution in [2.24, 2.45) is 0 Å². The van der Waals surface area contributed by atoms with E-state index in [4.69, 9.17) is 50.6 Å². The Bertz CT molecular complexity index is 1380. The van der Waals surface area contributed by atoms with E-state index >= 15 is 0 Å². The number of carbonyl (C=O) groups is 1. The summed E-state index contributed by atoms with van der Waals surface area (Å²) in [5.41, 5.74) is 0.342. The van der Waals surface area contributed by atoms with Crippen LogP contribution in [0.25, 0.3) is 6.08 Å². The number of rotatable bonds is 6. The molecule has 1 amide bonds. The Morgan fingerprint density at radius 2 is 1.55 bits per heavy atom. The summed E-state index contributed by atoms with van der Waals surface area (Å²) in [5, 5.41) is 12.3. The number of hydrogen-bond acceptors (Lipinski definition) is 5. The van der Waals surface area contributed by atoms with Gasteiger partial charge in [0.1, 0.15) is 16.5 Å². The van der Waals surface area contributed by atoms with Crippen molar-refractivity contribution in [1.29, 1.82) is 5.26 Å². The van der Waals surface area contributed by atoms with E-state index in [9.17, 15) is 18.5 Å². The first kappa shape index (κ1) is 24.9. The molecule has 6 nitrogen and oxygen atoms in total. The Hall–Kier alpha value is -2.73. The minimum atomic E-state index is -4.24. The van der Waals surface area contributed by atoms with Crippen LogP contribution in [-0.2, 0) is 14.9 Å². The van der Waals surface area contributed by atoms with Crippen molar-refractivity contribution in [1.82, 2.24) is 0 Å². The molecule has 0 atom stereocenters. The second-order valence-electron chi connectivity index (χ2n) is 6.41. The van der Waals surface area contributed by atoms with E-state index in [0.29, 0.717) is 15.7 Å². The molecule has 0 radical (unpaired) electrons. The lowest BCUT2D eigenvalue weighted by Crippen LogP contribution is -2.13. The highest BCUT2D eigenvalue weighted by Gasteiger charge is 2.21. The highest BCUT2D eigenvalue weighted by Crippen LogP contribution is 2.37. The van der Waals surface area contributed by atoms with Crippen LogP contribution in [0.1, 0.15) is 5.56 Å². The number of nitrogens with one attached hydrogen (secondary N) is 1. The lowest BCUT2D eigenvalue weighted by atomic mass is 10.1. The Kier molecular flexibility index (Phi) is 7.90. The summed E-state index contributed by atoms with van der Waals surface area (Å²) in [6, 6.07) is 16.3. The van der Waals surface area contributed by atoms with Crippen molar-refractivity contribution < 1.29 is 17.4 Å². The minimum Gasteiger partial charge on any atom is -0.376 e. The van der Waals surface area contributed by atoms with Crippen LogP contribution in [-0.4, -0.2) is 14.3 Å². The Labute approximate surface area is 210 Å². The zero-order chi connectivity index (χ0) is 24.2. The van der Waals surface area contributed by atoms with E-state index in [1.54, 1.807) is 30.3 Å². The first-order chi connectivity index (χ1) is 15.6. The quantitative estimate of drug-likeness (QED) is 0.215. The van der Waals surface area contributed by atoms with E-state index in [-0.39, 0.29) is 31.8 Å². The second-order valence-corrected chi connectivity index (χ2v) is 9.61. The van der Waals surface area contributed by atoms with Gasteiger partial charge < -0.3 is 9.50 Å². The van der Waals surface area contributed by atoms with Gasteiger partial charge in [0.2, 0.25) is 0 Å². The molecular formula is C22H12Cl4N2O4S. The first-order valence-electron chi connectivity index (χ1n) is 8.97. The molecule has 33 heavy (non-hydrogen) atoms. The average molecular weight is 542 g/mol. The monoisotopic (exact) mass is 540 g/mol. The maximum absolute atomic E-state index is 12.5. The predicted molar refractivity (Wildman–Crippen MR) is 129 cm³/mol. The molecule has 168 valence electrons. The SMILES string of the molecule is N#C/C(=C\c1cc(Cl)c(OS(=O)(=O)c2ccc(Cl)cc2)c(Cl)c1)C(=O)Nc1ccccc1Cl. The molecule has 0 saturated carbocycles. The van der Waals surface area contributed by atoms with Gasteiger partial charge in [0, 0.05) is 5.02 Å². The number of nitrogens with zero attached hydrogens (tertiary/aromatic N) is 1. The van der Waals surface area contributed by atoms with E-state index in [0.717, 1.165) is 0 Å². The lowest BCUT2D eigenvalue weighted by Gasteiger charge is -2.11. The molecule has 3 aromatic carbocycles. The summed E-state index contributed by atoms with van der Waals surface area (Å²) in [4.78, 5) is 12.3. The fourth-order valence-corrected chi connectivity index (χ4v) is 4.52. The molecule has 0 aliphatic carbocycles. The van der Waals surface area contributed by atoms with Crippen molar-refractivity contribution >= 4 is 74.2 Å². The molecule has 0 aliphatic heterocycles. The zero-order valence-corrected chi connectivity index (χ0v) is 20.2. The third-order valence-corrected chi connectivity index (χ3v) is 6.49. The van der Waals surface area contributed by atoms with Crippen LogP contribution >= 0.6 is 46.4 Å². The van der Waals surface area contributed by atoms with Crippen LogP contribution in [0.5, 0.6) is 5.75 Å². The molecule has 11 heteroatoms. The number of nitriles is 1. The summed E-state index contributed by atoms with van der Waals surface area (Å²) >= 11 is 24.2. The summed E-state index contributed by atoms with van der Waals surface area (Å²) in [7, 11) is -4.24. The van der Waals surface area contributed by atoms with Crippen molar-refractivity contribution in [2.75, 3.05) is 5.32 Å². The molecule has 3 rings (SSSR count). The first-order valence-corrected chi connectivity index (χ1v) is 11.9. The van der Waals surface area contributed by atoms with E-state index < -0.39 is 16.0 Å². The zero-order valence-electron chi connectivity index (χ0n) is 16.4. The second kappa shape index (κ2) is 10.5. The van der Waals surface area contributed by atoms with Gasteiger partial charge >= 0.3 is 10.1 Å². The molecule has 0 aliphatic rings. The fraction of sp³-hybridized carbons (Fsp3) is 0. The van der Waals surface area contributed by atoms with Crippen LogP contribution < -0.4 is 9.50 Å². The molecule has 0 bridgehead atoms. The number of anilines is 1. The van der Waals surface area contributed by atoms with Crippen molar-refractivity contribution in [2.45, 2.75) is 4.90 Å². The van der Waals surface area contributed by atoms with Crippen molar-refractivity contribution in [3.05, 3.63) is 91.9 Å². The van der Waals surface area contributed by atoms with Crippen LogP contribution in [0, 0.1) is 11.3 Å². The molecule has 0 fully saturated rings. The number of halogens is 4. The smallest absolute Gasteiger partial charge is 0.339 e. The van der Waals surface area contributed by atoms with Crippen molar-refractivity contribution in [3.63, 3.8) is 0 Å². The maximum atomic E-state index is 12.5. The topological polar surface area (TPSA) is 96.3 Å². The van der Waals surface area contributed by atoms with Crippen LogP contribution in [0.2, 0.25) is 20.1 Å². The molecular weight excluding hydrogens is 530 g/mol. The molecule has 0 heterocycles. The normalized spacial score (nSPS) is 11.5. The van der Waals surface area contributed by atoms with Crippen LogP contribution in [0.15, 0.2) is 71.1 Å². The molecule has 0 saturated heterocycles. The third-order valence-electron chi connectivity index (χ3n) is 4.11. The highest BCUT2D eigenvalue weighted by atomic mass is 35.5. The van der Waals surface area contributed by atoms with Gasteiger partial charge in [-0.3, -0.25) is 4.79 Å². The summed E-state index contributed by atoms with van der Waals surface area (Å²) < 4.78 is 30.1. The van der Waals surface area contributed by atoms with Crippen LogP contribution in [0.3, 0.4) is 0 Å². The molecule has 0 spiro atoms. The van der Waals surface area contributed by atoms with Gasteiger partial charge in [-0.2, -0.15) is 13.7 Å². The summed E-state index contributed by atoms with van der Waals surface area (Å²) in [6.45, 7) is 0. The molecule has 1 N–H and O–H groups in total. The highest BCUT2D eigenvalue weighted by molar-refractivity contribution is 7.87. The van der Waals surface area contributed by atoms with Gasteiger partial charge in [-0.25, -0.2) is 0 Å². The van der Waals surface area contributed by atoms with Gasteiger partial charge in [-0.15, -0.1) is 0 Å². The largest absolute Gasteiger partial charge is 0.376 e.